The first-order valence-electron chi connectivity index (χ1n) is 6.46. The number of hydrogen-bond acceptors (Lipinski definition) is 2. The van der Waals surface area contributed by atoms with Crippen LogP contribution in [0.15, 0.2) is 60.7 Å². The lowest BCUT2D eigenvalue weighted by molar-refractivity contribution is 0.101. The van der Waals surface area contributed by atoms with E-state index in [9.17, 15) is 9.59 Å². The molecule has 2 N–H and O–H groups in total. The van der Waals surface area contributed by atoms with E-state index in [0.29, 0.717) is 16.7 Å². The van der Waals surface area contributed by atoms with E-state index in [1.807, 2.05) is 31.2 Å². The fraction of sp³-hybridized carbons (Fsp3) is 0.111. The summed E-state index contributed by atoms with van der Waals surface area (Å²) in [5, 5.41) is 1.71. The Morgan fingerprint density at radius 1 is 1.00 bits per heavy atom. The van der Waals surface area contributed by atoms with Crippen LogP contribution < -0.4 is 0 Å². The van der Waals surface area contributed by atoms with Crippen LogP contribution >= 0.6 is 0 Å². The van der Waals surface area contributed by atoms with Crippen LogP contribution in [0.1, 0.15) is 34.6 Å². The van der Waals surface area contributed by atoms with Gasteiger partial charge >= 0.3 is 0 Å². The van der Waals surface area contributed by atoms with E-state index in [-0.39, 0.29) is 17.0 Å². The molecule has 0 amide bonds. The molecule has 0 unspecified atom stereocenters. The first-order chi connectivity index (χ1) is 9.60. The molecule has 0 radical (unpaired) electrons. The van der Waals surface area contributed by atoms with Crippen LogP contribution in [0.3, 0.4) is 0 Å². The molecular weight excluding hydrogens is 264 g/mol. The van der Waals surface area contributed by atoms with Crippen LogP contribution in [0.2, 0.25) is 0 Å². The van der Waals surface area contributed by atoms with Gasteiger partial charge in [-0.05, 0) is 25.3 Å². The smallest absolute Gasteiger partial charge is 0.189 e. The minimum absolute atomic E-state index is 0. The molecule has 0 saturated carbocycles. The number of ketones is 2. The highest BCUT2D eigenvalue weighted by Gasteiger charge is 2.21. The largest absolute Gasteiger partial charge is 0.412 e. The highest BCUT2D eigenvalue weighted by molar-refractivity contribution is 6.27. The van der Waals surface area contributed by atoms with Crippen molar-refractivity contribution in [3.63, 3.8) is 0 Å². The molecule has 2 aromatic carbocycles. The molecule has 0 atom stereocenters. The molecule has 108 valence electrons. The summed E-state index contributed by atoms with van der Waals surface area (Å²) in [6.07, 6.45) is 3.18. The van der Waals surface area contributed by atoms with Gasteiger partial charge in [0.05, 0.1) is 0 Å². The predicted molar refractivity (Wildman–Crippen MR) is 85.9 cm³/mol. The highest BCUT2D eigenvalue weighted by atomic mass is 16.1. The lowest BCUT2D eigenvalue weighted by atomic mass is 9.96. The molecule has 21 heavy (non-hydrogen) atoms. The Morgan fingerprint density at radius 2 is 1.52 bits per heavy atom. The van der Waals surface area contributed by atoms with Crippen molar-refractivity contribution in [3.05, 3.63) is 71.8 Å². The Labute approximate surface area is 123 Å². The van der Waals surface area contributed by atoms with Gasteiger partial charge in [0, 0.05) is 22.1 Å². The molecule has 0 bridgehead atoms. The maximum atomic E-state index is 12.1. The van der Waals surface area contributed by atoms with Crippen molar-refractivity contribution in [2.45, 2.75) is 13.8 Å². The average molecular weight is 282 g/mol. The minimum atomic E-state index is -0.0913. The summed E-state index contributed by atoms with van der Waals surface area (Å²) in [7, 11) is 0. The van der Waals surface area contributed by atoms with E-state index < -0.39 is 0 Å². The SMILES string of the molecule is C=CC.CC1=CC(=O)c2cccc3cccc(c23)C1=O.O. The van der Waals surface area contributed by atoms with Crippen LogP contribution in [-0.2, 0) is 0 Å². The Balaban J connectivity index is 0.000000510. The molecule has 0 spiro atoms. The zero-order valence-corrected chi connectivity index (χ0v) is 12.1. The molecule has 3 heteroatoms. The van der Waals surface area contributed by atoms with Gasteiger partial charge in [-0.1, -0.05) is 42.5 Å². The predicted octanol–water partition coefficient (Wildman–Crippen LogP) is 3.53. The number of Topliss-reactive ketones (excluding diaryl/α,β-unsaturated/α-hetero) is 1. The highest BCUT2D eigenvalue weighted by Crippen LogP contribution is 2.28. The summed E-state index contributed by atoms with van der Waals surface area (Å²) in [5.41, 5.74) is 1.74. The number of allylic oxidation sites excluding steroid dienone is 3. The number of carbonyl (C=O) groups excluding carboxylic acids is 2. The molecule has 0 fully saturated rings. The van der Waals surface area contributed by atoms with Gasteiger partial charge in [-0.15, -0.1) is 6.58 Å². The van der Waals surface area contributed by atoms with Crippen molar-refractivity contribution in [3.8, 4) is 0 Å². The van der Waals surface area contributed by atoms with E-state index in [4.69, 9.17) is 0 Å². The van der Waals surface area contributed by atoms with Crippen LogP contribution in [0, 0.1) is 0 Å². The zero-order chi connectivity index (χ0) is 14.7. The van der Waals surface area contributed by atoms with Crippen LogP contribution in [0.25, 0.3) is 10.8 Å². The summed E-state index contributed by atoms with van der Waals surface area (Å²) in [6, 6.07) is 11.1. The van der Waals surface area contributed by atoms with Gasteiger partial charge in [-0.25, -0.2) is 0 Å². The molecule has 0 aliphatic heterocycles. The normalized spacial score (nSPS) is 12.6. The minimum Gasteiger partial charge on any atom is -0.412 e. The van der Waals surface area contributed by atoms with E-state index in [1.165, 1.54) is 6.08 Å². The lowest BCUT2D eigenvalue weighted by Crippen LogP contribution is -2.00. The topological polar surface area (TPSA) is 65.6 Å². The lowest BCUT2D eigenvalue weighted by Gasteiger charge is -2.06. The molecule has 3 rings (SSSR count). The van der Waals surface area contributed by atoms with Gasteiger partial charge in [0.1, 0.15) is 0 Å². The second kappa shape index (κ2) is 6.77. The van der Waals surface area contributed by atoms with Crippen molar-refractivity contribution in [1.82, 2.24) is 0 Å². The van der Waals surface area contributed by atoms with Crippen molar-refractivity contribution >= 4 is 22.3 Å². The van der Waals surface area contributed by atoms with Crippen molar-refractivity contribution in [2.75, 3.05) is 0 Å². The second-order valence-corrected chi connectivity index (χ2v) is 4.64. The Hall–Kier alpha value is -2.52. The van der Waals surface area contributed by atoms with Gasteiger partial charge in [-0.3, -0.25) is 9.59 Å². The van der Waals surface area contributed by atoms with Crippen LogP contribution in [0.4, 0.5) is 0 Å². The average Bonchev–Trinajstić information content (AvgIpc) is 2.53. The molecule has 0 aromatic heterocycles. The first kappa shape index (κ1) is 16.5. The summed E-state index contributed by atoms with van der Waals surface area (Å²) in [6.45, 7) is 6.94. The van der Waals surface area contributed by atoms with E-state index >= 15 is 0 Å². The molecule has 3 nitrogen and oxygen atoms in total. The molecule has 2 aromatic rings. The van der Waals surface area contributed by atoms with E-state index in [1.54, 1.807) is 25.1 Å². The number of hydrogen-bond donors (Lipinski definition) is 0. The van der Waals surface area contributed by atoms with Crippen molar-refractivity contribution in [1.29, 1.82) is 0 Å². The quantitative estimate of drug-likeness (QED) is 0.694. The second-order valence-electron chi connectivity index (χ2n) is 4.64. The molecule has 1 aliphatic rings. The van der Waals surface area contributed by atoms with Gasteiger partial charge in [0.15, 0.2) is 11.6 Å². The first-order valence-corrected chi connectivity index (χ1v) is 6.46. The molecule has 0 saturated heterocycles. The Morgan fingerprint density at radius 3 is 2.10 bits per heavy atom. The van der Waals surface area contributed by atoms with Crippen LogP contribution in [-0.4, -0.2) is 17.0 Å². The monoisotopic (exact) mass is 282 g/mol. The molecule has 1 aliphatic carbocycles. The van der Waals surface area contributed by atoms with E-state index in [0.717, 1.165) is 10.8 Å². The van der Waals surface area contributed by atoms with Crippen molar-refractivity contribution < 1.29 is 15.1 Å². The number of rotatable bonds is 0. The third kappa shape index (κ3) is 2.98. The maximum Gasteiger partial charge on any atom is 0.189 e. The van der Waals surface area contributed by atoms with Crippen molar-refractivity contribution in [2.24, 2.45) is 0 Å². The third-order valence-corrected chi connectivity index (χ3v) is 3.12. The van der Waals surface area contributed by atoms with Gasteiger partial charge < -0.3 is 5.48 Å². The number of benzene rings is 2. The molecular formula is C18H18O3. The third-order valence-electron chi connectivity index (χ3n) is 3.12. The Bertz CT molecular complexity index is 734. The maximum absolute atomic E-state index is 12.1. The zero-order valence-electron chi connectivity index (χ0n) is 12.1. The van der Waals surface area contributed by atoms with Gasteiger partial charge in [-0.2, -0.15) is 0 Å². The summed E-state index contributed by atoms with van der Waals surface area (Å²) < 4.78 is 0. The number of carbonyl (C=O) groups is 2. The van der Waals surface area contributed by atoms with E-state index in [2.05, 4.69) is 6.58 Å². The van der Waals surface area contributed by atoms with Gasteiger partial charge in [0.2, 0.25) is 0 Å². The molecule has 0 heterocycles. The standard InChI is InChI=1S/C15H10O2.C3H6.H2O/c1-9-8-13(16)11-6-2-4-10-5-3-7-12(14(10)11)15(9)17;1-3-2;/h2-8H,1H3;3H,1H2,2H3;1H2. The summed E-state index contributed by atoms with van der Waals surface area (Å²) in [5.74, 6) is -0.152. The fourth-order valence-corrected chi connectivity index (χ4v) is 2.29. The Kier molecular flexibility index (Phi) is 5.33. The van der Waals surface area contributed by atoms with Crippen LogP contribution in [0.5, 0.6) is 0 Å². The fourth-order valence-electron chi connectivity index (χ4n) is 2.29. The summed E-state index contributed by atoms with van der Waals surface area (Å²) >= 11 is 0. The van der Waals surface area contributed by atoms with Gasteiger partial charge in [0.25, 0.3) is 0 Å². The summed E-state index contributed by atoms with van der Waals surface area (Å²) in [4.78, 5) is 24.2.